The van der Waals surface area contributed by atoms with Gasteiger partial charge < -0.3 is 29.7 Å². The summed E-state index contributed by atoms with van der Waals surface area (Å²) in [5, 5.41) is 7.11. The van der Waals surface area contributed by atoms with Gasteiger partial charge in [0.05, 0.1) is 41.3 Å². The minimum Gasteiger partial charge on any atom is -0.453 e. The third-order valence-corrected chi connectivity index (χ3v) is 12.0. The van der Waals surface area contributed by atoms with E-state index in [0.717, 1.165) is 98.5 Å². The fraction of sp³-hybridized carbons (Fsp3) is 0.432. The maximum atomic E-state index is 14.1. The van der Waals surface area contributed by atoms with Crippen LogP contribution in [0.15, 0.2) is 60.7 Å². The number of hydrogen-bond donors (Lipinski definition) is 3. The number of amides is 3. The smallest absolute Gasteiger partial charge is 0.410 e. The highest BCUT2D eigenvalue weighted by molar-refractivity contribution is 6.07. The van der Waals surface area contributed by atoms with Crippen LogP contribution < -0.4 is 5.32 Å². The first-order valence-corrected chi connectivity index (χ1v) is 19.9. The van der Waals surface area contributed by atoms with E-state index in [9.17, 15) is 14.4 Å². The Morgan fingerprint density at radius 2 is 1.46 bits per heavy atom. The van der Waals surface area contributed by atoms with Crippen molar-refractivity contribution < 1.29 is 23.9 Å². The zero-order valence-corrected chi connectivity index (χ0v) is 32.8. The molecule has 56 heavy (non-hydrogen) atoms. The zero-order chi connectivity index (χ0) is 39.0. The van der Waals surface area contributed by atoms with Gasteiger partial charge in [0.15, 0.2) is 0 Å². The molecule has 2 saturated heterocycles. The third-order valence-electron chi connectivity index (χ3n) is 12.0. The van der Waals surface area contributed by atoms with E-state index in [1.54, 1.807) is 4.90 Å². The Kier molecular flexibility index (Phi) is 8.70. The van der Waals surface area contributed by atoms with Gasteiger partial charge in [0, 0.05) is 23.4 Å². The topological polar surface area (TPSA) is 146 Å². The van der Waals surface area contributed by atoms with Crippen molar-refractivity contribution in [3.05, 3.63) is 72.3 Å². The Bertz CT molecular complexity index is 2530. The first kappa shape index (κ1) is 36.0. The summed E-state index contributed by atoms with van der Waals surface area (Å²) in [5.41, 5.74) is 5.31. The van der Waals surface area contributed by atoms with E-state index >= 15 is 0 Å². The molecule has 2 bridgehead atoms. The molecular formula is C44H49N7O5. The van der Waals surface area contributed by atoms with Gasteiger partial charge in [-0.15, -0.1) is 0 Å². The van der Waals surface area contributed by atoms with Gasteiger partial charge in [0.1, 0.15) is 23.3 Å². The van der Waals surface area contributed by atoms with Crippen LogP contribution in [0.5, 0.6) is 0 Å². The number of nitrogens with one attached hydrogen (secondary N) is 3. The van der Waals surface area contributed by atoms with Crippen LogP contribution >= 0.6 is 0 Å². The number of rotatable bonds is 6. The van der Waals surface area contributed by atoms with Crippen molar-refractivity contribution in [3.63, 3.8) is 0 Å². The van der Waals surface area contributed by atoms with E-state index in [2.05, 4.69) is 69.9 Å². The lowest BCUT2D eigenvalue weighted by Crippen LogP contribution is -2.54. The number of aromatic amines is 2. The van der Waals surface area contributed by atoms with E-state index in [1.165, 1.54) is 7.11 Å². The van der Waals surface area contributed by atoms with Gasteiger partial charge >= 0.3 is 12.2 Å². The van der Waals surface area contributed by atoms with Crippen LogP contribution in [-0.2, 0) is 14.3 Å². The number of hydrogen-bond acceptors (Lipinski definition) is 7. The number of nitrogens with zero attached hydrogens (tertiary/aromatic N) is 4. The summed E-state index contributed by atoms with van der Waals surface area (Å²) in [6.07, 6.45) is 3.78. The molecule has 9 rings (SSSR count). The van der Waals surface area contributed by atoms with Crippen molar-refractivity contribution in [2.24, 2.45) is 11.8 Å². The SMILES string of the molecule is COC(=O)N[C@H](C(=O)N1[C@H]2CC[C@H](C2)[C@H]1c1nc2ccc3cc(-c4ccc5c(ccc6nc(C7CCCN7C(=O)OC(C)(C)C)[nH]c65)c4)ccc3c2[nH]1)C(C)C. The number of carbonyl (C=O) groups excluding carboxylic acids is 3. The summed E-state index contributed by atoms with van der Waals surface area (Å²) in [7, 11) is 1.32. The van der Waals surface area contributed by atoms with Gasteiger partial charge in [-0.1, -0.05) is 50.2 Å². The van der Waals surface area contributed by atoms with E-state index in [1.807, 2.05) is 45.6 Å². The van der Waals surface area contributed by atoms with Crippen LogP contribution in [0, 0.1) is 11.8 Å². The molecule has 3 amide bonds. The van der Waals surface area contributed by atoms with Gasteiger partial charge in [0.2, 0.25) is 5.91 Å². The number of imidazole rings is 2. The quantitative estimate of drug-likeness (QED) is 0.154. The van der Waals surface area contributed by atoms with Crippen molar-refractivity contribution in [1.82, 2.24) is 35.1 Å². The van der Waals surface area contributed by atoms with E-state index in [-0.39, 0.29) is 36.0 Å². The second-order valence-electron chi connectivity index (χ2n) is 17.1. The van der Waals surface area contributed by atoms with Crippen molar-refractivity contribution in [2.45, 2.75) is 96.5 Å². The lowest BCUT2D eigenvalue weighted by Gasteiger charge is -2.37. The van der Waals surface area contributed by atoms with E-state index in [0.29, 0.717) is 12.5 Å². The average molecular weight is 756 g/mol. The molecular weight excluding hydrogens is 707 g/mol. The van der Waals surface area contributed by atoms with Gasteiger partial charge in [-0.3, -0.25) is 9.69 Å². The van der Waals surface area contributed by atoms with Gasteiger partial charge in [-0.25, -0.2) is 19.6 Å². The normalized spacial score (nSPS) is 21.6. The first-order chi connectivity index (χ1) is 26.9. The highest BCUT2D eigenvalue weighted by atomic mass is 16.6. The van der Waals surface area contributed by atoms with Crippen LogP contribution in [0.25, 0.3) is 54.7 Å². The monoisotopic (exact) mass is 755 g/mol. The van der Waals surface area contributed by atoms with Crippen LogP contribution in [0.2, 0.25) is 0 Å². The molecule has 2 aliphatic heterocycles. The molecule has 290 valence electrons. The molecule has 12 heteroatoms. The van der Waals surface area contributed by atoms with Crippen LogP contribution in [0.1, 0.15) is 90.5 Å². The molecule has 5 atom stereocenters. The number of aromatic nitrogens is 4. The predicted octanol–water partition coefficient (Wildman–Crippen LogP) is 8.92. The number of likely N-dealkylation sites (tertiary alicyclic amines) is 2. The van der Waals surface area contributed by atoms with Crippen molar-refractivity contribution in [2.75, 3.05) is 13.7 Å². The summed E-state index contributed by atoms with van der Waals surface area (Å²) in [6, 6.07) is 20.5. The van der Waals surface area contributed by atoms with Crippen molar-refractivity contribution >= 4 is 61.7 Å². The fourth-order valence-electron chi connectivity index (χ4n) is 9.42. The molecule has 1 aliphatic carbocycles. The molecule has 3 fully saturated rings. The molecule has 3 N–H and O–H groups in total. The molecule has 1 saturated carbocycles. The molecule has 12 nitrogen and oxygen atoms in total. The highest BCUT2D eigenvalue weighted by Crippen LogP contribution is 2.50. The highest BCUT2D eigenvalue weighted by Gasteiger charge is 2.51. The predicted molar refractivity (Wildman–Crippen MR) is 216 cm³/mol. The van der Waals surface area contributed by atoms with E-state index < -0.39 is 17.7 Å². The minimum atomic E-state index is -0.681. The molecule has 0 radical (unpaired) electrons. The molecule has 3 aliphatic rings. The Labute approximate surface area is 325 Å². The molecule has 6 aromatic rings. The number of piperidine rings is 1. The summed E-state index contributed by atoms with van der Waals surface area (Å²) in [5.74, 6) is 1.71. The number of H-pyrrole nitrogens is 2. The van der Waals surface area contributed by atoms with Gasteiger partial charge in [0.25, 0.3) is 0 Å². The number of ether oxygens (including phenoxy) is 2. The molecule has 2 aromatic heterocycles. The Hall–Kier alpha value is -5.65. The Balaban J connectivity index is 1.00. The number of benzene rings is 4. The fourth-order valence-corrected chi connectivity index (χ4v) is 9.42. The van der Waals surface area contributed by atoms with Crippen molar-refractivity contribution in [3.8, 4) is 11.1 Å². The van der Waals surface area contributed by atoms with Crippen LogP contribution in [-0.4, -0.2) is 79.2 Å². The number of methoxy groups -OCH3 is 1. The van der Waals surface area contributed by atoms with Crippen LogP contribution in [0.3, 0.4) is 0 Å². The number of carbonyl (C=O) groups is 3. The maximum absolute atomic E-state index is 14.1. The summed E-state index contributed by atoms with van der Waals surface area (Å²) in [6.45, 7) is 10.2. The zero-order valence-electron chi connectivity index (χ0n) is 32.8. The van der Waals surface area contributed by atoms with Gasteiger partial charge in [-0.05, 0) is 111 Å². The Morgan fingerprint density at radius 1 is 0.839 bits per heavy atom. The largest absolute Gasteiger partial charge is 0.453 e. The third kappa shape index (κ3) is 6.19. The number of fused-ring (bicyclic) bond motifs is 8. The molecule has 1 unspecified atom stereocenters. The molecule has 4 aromatic carbocycles. The number of alkyl carbamates (subject to hydrolysis) is 1. The maximum Gasteiger partial charge on any atom is 0.410 e. The Morgan fingerprint density at radius 3 is 2.07 bits per heavy atom. The molecule has 0 spiro atoms. The first-order valence-electron chi connectivity index (χ1n) is 19.9. The van der Waals surface area contributed by atoms with E-state index in [4.69, 9.17) is 19.4 Å². The second-order valence-corrected chi connectivity index (χ2v) is 17.1. The molecule has 4 heterocycles. The minimum absolute atomic E-state index is 0.0831. The summed E-state index contributed by atoms with van der Waals surface area (Å²) < 4.78 is 10.6. The lowest BCUT2D eigenvalue weighted by atomic mass is 9.95. The van der Waals surface area contributed by atoms with Crippen LogP contribution in [0.4, 0.5) is 9.59 Å². The summed E-state index contributed by atoms with van der Waals surface area (Å²) >= 11 is 0. The lowest BCUT2D eigenvalue weighted by molar-refractivity contribution is -0.139. The standard InChI is InChI=1S/C44H49N7O5/c1-23(2)35(49-42(53)55-6)41(52)51-29-14-9-28(22-29)38(51)40-46-33-18-13-27-21-25(11-16-31(27)37(33)48-40)24-10-15-30-26(20-24)12-17-32-36(30)47-39(45-32)34-8-7-19-50(34)43(54)56-44(3,4)5/h10-13,15-18,20-21,23,28-29,34-35,38H,7-9,14,19,22H2,1-6H3,(H,45,47)(H,46,48)(H,49,53)/t28-,29+,34?,35+,38+/m1/s1. The summed E-state index contributed by atoms with van der Waals surface area (Å²) in [4.78, 5) is 60.3. The van der Waals surface area contributed by atoms with Gasteiger partial charge in [-0.2, -0.15) is 0 Å². The second kappa shape index (κ2) is 13.5. The van der Waals surface area contributed by atoms with Crippen molar-refractivity contribution in [1.29, 1.82) is 0 Å². The average Bonchev–Trinajstić information content (AvgIpc) is 4.02.